The highest BCUT2D eigenvalue weighted by molar-refractivity contribution is 5.78. The Bertz CT molecular complexity index is 775. The molecule has 0 aliphatic rings. The van der Waals surface area contributed by atoms with Gasteiger partial charge in [-0.25, -0.2) is 0 Å². The molecule has 5 heteroatoms. The lowest BCUT2D eigenvalue weighted by molar-refractivity contribution is -0.144. The van der Waals surface area contributed by atoms with Crippen molar-refractivity contribution in [1.82, 2.24) is 4.90 Å². The molecule has 1 unspecified atom stereocenters. The van der Waals surface area contributed by atoms with Crippen LogP contribution >= 0.6 is 0 Å². The fourth-order valence-electron chi connectivity index (χ4n) is 3.02. The van der Waals surface area contributed by atoms with Gasteiger partial charge >= 0.3 is 5.97 Å². The highest BCUT2D eigenvalue weighted by Gasteiger charge is 2.18. The van der Waals surface area contributed by atoms with Gasteiger partial charge in [0.1, 0.15) is 5.75 Å². The molecule has 0 aromatic heterocycles. The highest BCUT2D eigenvalue weighted by Crippen LogP contribution is 2.28. The molecule has 0 fully saturated rings. The van der Waals surface area contributed by atoms with E-state index >= 15 is 0 Å². The third-order valence-corrected chi connectivity index (χ3v) is 4.87. The van der Waals surface area contributed by atoms with Gasteiger partial charge in [0.2, 0.25) is 0 Å². The van der Waals surface area contributed by atoms with Crippen LogP contribution in [0.1, 0.15) is 50.7 Å². The Morgan fingerprint density at radius 3 is 2.38 bits per heavy atom. The monoisotopic (exact) mass is 397 g/mol. The normalized spacial score (nSPS) is 11.6. The molecular weight excluding hydrogens is 366 g/mol. The van der Waals surface area contributed by atoms with E-state index in [2.05, 4.69) is 13.8 Å². The molecule has 1 amide bonds. The van der Waals surface area contributed by atoms with Gasteiger partial charge in [0.25, 0.3) is 5.91 Å². The first-order valence-corrected chi connectivity index (χ1v) is 10.2. The van der Waals surface area contributed by atoms with Crippen molar-refractivity contribution in [3.05, 3.63) is 65.7 Å². The van der Waals surface area contributed by atoms with Crippen LogP contribution in [-0.4, -0.2) is 36.5 Å². The maximum Gasteiger partial charge on any atom is 0.307 e. The van der Waals surface area contributed by atoms with Crippen molar-refractivity contribution in [3.63, 3.8) is 0 Å². The zero-order valence-corrected chi connectivity index (χ0v) is 17.6. The molecule has 5 nitrogen and oxygen atoms in total. The molecule has 0 spiro atoms. The second-order valence-corrected chi connectivity index (χ2v) is 6.99. The largest absolute Gasteiger partial charge is 0.483 e. The molecule has 2 aromatic rings. The molecule has 0 bridgehead atoms. The van der Waals surface area contributed by atoms with Crippen LogP contribution in [0.25, 0.3) is 0 Å². The molecule has 0 saturated heterocycles. The molecule has 1 atom stereocenters. The summed E-state index contributed by atoms with van der Waals surface area (Å²) in [5.41, 5.74) is 2.11. The molecule has 0 heterocycles. The first-order chi connectivity index (χ1) is 14.0. The van der Waals surface area contributed by atoms with Gasteiger partial charge in [0.05, 0.1) is 13.0 Å². The number of esters is 1. The second-order valence-electron chi connectivity index (χ2n) is 6.99. The molecule has 29 heavy (non-hydrogen) atoms. The lowest BCUT2D eigenvalue weighted by Crippen LogP contribution is -2.36. The Hall–Kier alpha value is -2.82. The van der Waals surface area contributed by atoms with Crippen molar-refractivity contribution < 1.29 is 19.1 Å². The summed E-state index contributed by atoms with van der Waals surface area (Å²) in [4.78, 5) is 26.3. The van der Waals surface area contributed by atoms with Crippen LogP contribution in [-0.2, 0) is 20.9 Å². The van der Waals surface area contributed by atoms with E-state index < -0.39 is 0 Å². The summed E-state index contributed by atoms with van der Waals surface area (Å²) >= 11 is 0. The molecular formula is C24H31NO4. The summed E-state index contributed by atoms with van der Waals surface area (Å²) in [5.74, 6) is 0.629. The summed E-state index contributed by atoms with van der Waals surface area (Å²) < 4.78 is 10.9. The van der Waals surface area contributed by atoms with Crippen molar-refractivity contribution >= 4 is 11.9 Å². The number of carbonyl (C=O) groups is 2. The molecule has 0 aliphatic carbocycles. The smallest absolute Gasteiger partial charge is 0.307 e. The number of nitrogens with zero attached hydrogens (tertiary/aromatic N) is 1. The fourth-order valence-corrected chi connectivity index (χ4v) is 3.02. The van der Waals surface area contributed by atoms with Gasteiger partial charge in [0, 0.05) is 13.1 Å². The number of carbonyl (C=O) groups excluding carboxylic acids is 2. The summed E-state index contributed by atoms with van der Waals surface area (Å²) in [5, 5.41) is 0. The van der Waals surface area contributed by atoms with Crippen molar-refractivity contribution in [1.29, 1.82) is 0 Å². The van der Waals surface area contributed by atoms with Gasteiger partial charge in [-0.3, -0.25) is 9.59 Å². The number of amides is 1. The van der Waals surface area contributed by atoms with Gasteiger partial charge in [-0.15, -0.1) is 0 Å². The Morgan fingerprint density at radius 1 is 1.00 bits per heavy atom. The standard InChI is InChI=1S/C24H31NO4/c1-4-19(3)21-13-9-10-14-22(21)29-18-23(26)25(16-15-24(27)28-5-2)17-20-11-7-6-8-12-20/h6-14,19H,4-5,15-18H2,1-3H3. The van der Waals surface area contributed by atoms with E-state index in [1.807, 2.05) is 54.6 Å². The van der Waals surface area contributed by atoms with Crippen molar-refractivity contribution in [2.24, 2.45) is 0 Å². The molecule has 0 saturated carbocycles. The van der Waals surface area contributed by atoms with Gasteiger partial charge in [-0.05, 0) is 36.5 Å². The molecule has 0 radical (unpaired) electrons. The zero-order valence-electron chi connectivity index (χ0n) is 17.6. The first kappa shape index (κ1) is 22.5. The molecule has 2 rings (SSSR count). The van der Waals surface area contributed by atoms with E-state index in [0.717, 1.165) is 23.3 Å². The van der Waals surface area contributed by atoms with E-state index in [1.165, 1.54) is 0 Å². The number of hydrogen-bond acceptors (Lipinski definition) is 4. The Kier molecular flexibility index (Phi) is 9.22. The minimum atomic E-state index is -0.304. The van der Waals surface area contributed by atoms with Crippen LogP contribution in [0.3, 0.4) is 0 Å². The van der Waals surface area contributed by atoms with Crippen LogP contribution in [0.2, 0.25) is 0 Å². The molecule has 0 aliphatic heterocycles. The molecule has 2 aromatic carbocycles. The Balaban J connectivity index is 2.05. The van der Waals surface area contributed by atoms with E-state index in [1.54, 1.807) is 11.8 Å². The van der Waals surface area contributed by atoms with Crippen LogP contribution in [0.4, 0.5) is 0 Å². The summed E-state index contributed by atoms with van der Waals surface area (Å²) in [6.45, 7) is 7.03. The average Bonchev–Trinajstić information content (AvgIpc) is 2.75. The lowest BCUT2D eigenvalue weighted by Gasteiger charge is -2.23. The van der Waals surface area contributed by atoms with E-state index in [0.29, 0.717) is 25.6 Å². The summed E-state index contributed by atoms with van der Waals surface area (Å²) in [6.07, 6.45) is 1.16. The number of ether oxygens (including phenoxy) is 2. The third-order valence-electron chi connectivity index (χ3n) is 4.87. The predicted octanol–water partition coefficient (Wildman–Crippen LogP) is 4.56. The van der Waals surface area contributed by atoms with Gasteiger partial charge in [-0.1, -0.05) is 62.4 Å². The van der Waals surface area contributed by atoms with E-state index in [9.17, 15) is 9.59 Å². The first-order valence-electron chi connectivity index (χ1n) is 10.2. The molecule has 0 N–H and O–H groups in total. The minimum Gasteiger partial charge on any atom is -0.483 e. The van der Waals surface area contributed by atoms with Gasteiger partial charge in [0.15, 0.2) is 6.61 Å². The second kappa shape index (κ2) is 11.9. The zero-order chi connectivity index (χ0) is 21.1. The van der Waals surface area contributed by atoms with Crippen molar-refractivity contribution in [2.75, 3.05) is 19.8 Å². The summed E-state index contributed by atoms with van der Waals surface area (Å²) in [6, 6.07) is 17.6. The average molecular weight is 398 g/mol. The highest BCUT2D eigenvalue weighted by atomic mass is 16.5. The predicted molar refractivity (Wildman–Crippen MR) is 114 cm³/mol. The van der Waals surface area contributed by atoms with Gasteiger partial charge < -0.3 is 14.4 Å². The lowest BCUT2D eigenvalue weighted by atomic mass is 9.98. The number of para-hydroxylation sites is 1. The van der Waals surface area contributed by atoms with Crippen molar-refractivity contribution in [3.8, 4) is 5.75 Å². The van der Waals surface area contributed by atoms with Crippen LogP contribution in [0.15, 0.2) is 54.6 Å². The quantitative estimate of drug-likeness (QED) is 0.522. The maximum atomic E-state index is 12.9. The molecule has 156 valence electrons. The van der Waals surface area contributed by atoms with Gasteiger partial charge in [-0.2, -0.15) is 0 Å². The Labute approximate surface area is 173 Å². The summed E-state index contributed by atoms with van der Waals surface area (Å²) in [7, 11) is 0. The van der Waals surface area contributed by atoms with Crippen molar-refractivity contribution in [2.45, 2.75) is 46.1 Å². The topological polar surface area (TPSA) is 55.8 Å². The third kappa shape index (κ3) is 7.26. The van der Waals surface area contributed by atoms with Crippen LogP contribution in [0, 0.1) is 0 Å². The number of rotatable bonds is 11. The van der Waals surface area contributed by atoms with Crippen LogP contribution in [0.5, 0.6) is 5.75 Å². The van der Waals surface area contributed by atoms with E-state index in [4.69, 9.17) is 9.47 Å². The number of benzene rings is 2. The number of hydrogen-bond donors (Lipinski definition) is 0. The fraction of sp³-hybridized carbons (Fsp3) is 0.417. The maximum absolute atomic E-state index is 12.9. The Morgan fingerprint density at radius 2 is 1.69 bits per heavy atom. The minimum absolute atomic E-state index is 0.0664. The van der Waals surface area contributed by atoms with E-state index in [-0.39, 0.29) is 24.9 Å². The van der Waals surface area contributed by atoms with Crippen LogP contribution < -0.4 is 4.74 Å². The SMILES string of the molecule is CCOC(=O)CCN(Cc1ccccc1)C(=O)COc1ccccc1C(C)CC.